The molecule has 0 saturated heterocycles. The Morgan fingerprint density at radius 3 is 1.93 bits per heavy atom. The van der Waals surface area contributed by atoms with E-state index in [0.29, 0.717) is 0 Å². The number of carbonyl (C=O) groups is 1. The van der Waals surface area contributed by atoms with Gasteiger partial charge in [-0.2, -0.15) is 8.42 Å². The molecule has 1 atom stereocenters. The van der Waals surface area contributed by atoms with E-state index >= 15 is 0 Å². The molecule has 6 heteroatoms. The maximum atomic E-state index is 11.3. The summed E-state index contributed by atoms with van der Waals surface area (Å²) in [5.41, 5.74) is 0. The van der Waals surface area contributed by atoms with Gasteiger partial charge in [-0.25, -0.2) is 4.72 Å². The normalized spacial score (nSPS) is 14.3. The number of rotatable bonds is 5. The molecule has 0 aromatic rings. The van der Waals surface area contributed by atoms with Crippen LogP contribution in [0.25, 0.3) is 0 Å². The zero-order valence-electron chi connectivity index (χ0n) is 9.77. The van der Waals surface area contributed by atoms with Crippen molar-refractivity contribution in [3.05, 3.63) is 0 Å². The van der Waals surface area contributed by atoms with E-state index in [1.165, 1.54) is 0 Å². The molecule has 0 aliphatic rings. The van der Waals surface area contributed by atoms with Crippen LogP contribution in [0.4, 0.5) is 0 Å². The van der Waals surface area contributed by atoms with Gasteiger partial charge < -0.3 is 0 Å². The lowest BCUT2D eigenvalue weighted by Crippen LogP contribution is -2.37. The van der Waals surface area contributed by atoms with Crippen molar-refractivity contribution in [2.75, 3.05) is 0 Å². The van der Waals surface area contributed by atoms with Crippen molar-refractivity contribution in [2.24, 2.45) is 11.8 Å². The van der Waals surface area contributed by atoms with Crippen LogP contribution in [0.3, 0.4) is 0 Å². The van der Waals surface area contributed by atoms with E-state index in [4.69, 9.17) is 4.18 Å². The van der Waals surface area contributed by atoms with Crippen molar-refractivity contribution in [3.8, 4) is 0 Å². The number of hydrogen-bond donors (Lipinski definition) is 1. The van der Waals surface area contributed by atoms with Crippen LogP contribution in [0.2, 0.25) is 0 Å². The van der Waals surface area contributed by atoms with Crippen molar-refractivity contribution < 1.29 is 17.4 Å². The highest BCUT2D eigenvalue weighted by Gasteiger charge is 2.21. The summed E-state index contributed by atoms with van der Waals surface area (Å²) in [7, 11) is -3.97. The number of carbonyl (C=O) groups excluding carboxylic acids is 1. The number of hydrogen-bond acceptors (Lipinski definition) is 4. The monoisotopic (exact) mass is 237 g/mol. The molecule has 0 aliphatic carbocycles. The molecule has 1 unspecified atom stereocenters. The summed E-state index contributed by atoms with van der Waals surface area (Å²) >= 11 is 0. The fourth-order valence-electron chi connectivity index (χ4n) is 0.576. The molecule has 1 N–H and O–H groups in total. The van der Waals surface area contributed by atoms with E-state index in [1.807, 2.05) is 18.6 Å². The number of nitrogens with one attached hydrogen (secondary N) is 1. The van der Waals surface area contributed by atoms with Gasteiger partial charge in [-0.3, -0.25) is 8.98 Å². The first-order valence-electron chi connectivity index (χ1n) is 4.90. The molecular formula is C9H19NO4S. The SMILES string of the molecule is CC(C)C(=O)NS(=O)(=O)OC(C)C(C)C. The Hall–Kier alpha value is -0.620. The first-order valence-corrected chi connectivity index (χ1v) is 6.31. The highest BCUT2D eigenvalue weighted by atomic mass is 32.2. The average molecular weight is 237 g/mol. The van der Waals surface area contributed by atoms with Crippen molar-refractivity contribution in [1.29, 1.82) is 0 Å². The smallest absolute Gasteiger partial charge is 0.274 e. The highest BCUT2D eigenvalue weighted by Crippen LogP contribution is 2.08. The highest BCUT2D eigenvalue weighted by molar-refractivity contribution is 7.85. The second-order valence-electron chi connectivity index (χ2n) is 4.12. The van der Waals surface area contributed by atoms with E-state index in [9.17, 15) is 13.2 Å². The first kappa shape index (κ1) is 14.4. The Morgan fingerprint density at radius 1 is 1.13 bits per heavy atom. The van der Waals surface area contributed by atoms with Gasteiger partial charge in [-0.05, 0) is 12.8 Å². The maximum Gasteiger partial charge on any atom is 0.362 e. The summed E-state index contributed by atoms with van der Waals surface area (Å²) in [6.07, 6.45) is -0.456. The van der Waals surface area contributed by atoms with E-state index in [0.717, 1.165) is 0 Å². The standard InChI is InChI=1S/C9H19NO4S/c1-6(2)8(5)14-15(12,13)10-9(11)7(3)4/h6-8H,1-5H3,(H,10,11). The number of amides is 1. The Morgan fingerprint density at radius 2 is 1.60 bits per heavy atom. The summed E-state index contributed by atoms with van der Waals surface area (Å²) in [5, 5.41) is 0. The van der Waals surface area contributed by atoms with E-state index in [-0.39, 0.29) is 5.92 Å². The molecule has 0 bridgehead atoms. The molecule has 0 fully saturated rings. The minimum atomic E-state index is -3.97. The quantitative estimate of drug-likeness (QED) is 0.776. The zero-order valence-corrected chi connectivity index (χ0v) is 10.6. The minimum absolute atomic E-state index is 0.0655. The van der Waals surface area contributed by atoms with Crippen LogP contribution in [0.15, 0.2) is 0 Å². The lowest BCUT2D eigenvalue weighted by Gasteiger charge is -2.16. The van der Waals surface area contributed by atoms with Gasteiger partial charge >= 0.3 is 10.3 Å². The first-order chi connectivity index (χ1) is 6.65. The van der Waals surface area contributed by atoms with Crippen LogP contribution < -0.4 is 4.72 Å². The fourth-order valence-corrected chi connectivity index (χ4v) is 1.73. The van der Waals surface area contributed by atoms with Crippen molar-refractivity contribution in [3.63, 3.8) is 0 Å². The second-order valence-corrected chi connectivity index (χ2v) is 5.43. The molecule has 5 nitrogen and oxygen atoms in total. The third kappa shape index (κ3) is 5.74. The molecule has 15 heavy (non-hydrogen) atoms. The average Bonchev–Trinajstić information content (AvgIpc) is 2.01. The fraction of sp³-hybridized carbons (Fsp3) is 0.889. The van der Waals surface area contributed by atoms with Crippen LogP contribution in [-0.2, 0) is 19.3 Å². The van der Waals surface area contributed by atoms with Gasteiger partial charge in [0, 0.05) is 5.92 Å². The predicted molar refractivity (Wildman–Crippen MR) is 57.3 cm³/mol. The lowest BCUT2D eigenvalue weighted by atomic mass is 10.1. The lowest BCUT2D eigenvalue weighted by molar-refractivity contribution is -0.122. The second kappa shape index (κ2) is 5.46. The van der Waals surface area contributed by atoms with Crippen molar-refractivity contribution >= 4 is 16.2 Å². The van der Waals surface area contributed by atoms with Gasteiger partial charge in [0.25, 0.3) is 0 Å². The van der Waals surface area contributed by atoms with E-state index < -0.39 is 28.2 Å². The molecule has 0 heterocycles. The molecule has 0 spiro atoms. The molecule has 90 valence electrons. The molecule has 0 rings (SSSR count). The summed E-state index contributed by atoms with van der Waals surface area (Å²) in [4.78, 5) is 11.1. The largest absolute Gasteiger partial charge is 0.362 e. The van der Waals surface area contributed by atoms with Gasteiger partial charge in [0.05, 0.1) is 6.10 Å². The van der Waals surface area contributed by atoms with Crippen LogP contribution in [0.5, 0.6) is 0 Å². The zero-order chi connectivity index (χ0) is 12.2. The summed E-state index contributed by atoms with van der Waals surface area (Å²) < 4.78 is 29.2. The van der Waals surface area contributed by atoms with Gasteiger partial charge in [0.2, 0.25) is 5.91 Å². The van der Waals surface area contributed by atoms with E-state index in [1.54, 1.807) is 20.8 Å². The molecule has 0 aromatic carbocycles. The van der Waals surface area contributed by atoms with E-state index in [2.05, 4.69) is 0 Å². The van der Waals surface area contributed by atoms with Crippen LogP contribution in [-0.4, -0.2) is 20.4 Å². The van der Waals surface area contributed by atoms with Crippen molar-refractivity contribution in [1.82, 2.24) is 4.72 Å². The van der Waals surface area contributed by atoms with Gasteiger partial charge in [-0.1, -0.05) is 27.7 Å². The molecule has 1 amide bonds. The third-order valence-corrected chi connectivity index (χ3v) is 2.98. The summed E-state index contributed by atoms with van der Waals surface area (Å²) in [6.45, 7) is 8.53. The topological polar surface area (TPSA) is 72.5 Å². The van der Waals surface area contributed by atoms with Crippen LogP contribution in [0, 0.1) is 11.8 Å². The molecule has 0 saturated carbocycles. The van der Waals surface area contributed by atoms with Crippen LogP contribution in [0.1, 0.15) is 34.6 Å². The van der Waals surface area contributed by atoms with Gasteiger partial charge in [0.1, 0.15) is 0 Å². The van der Waals surface area contributed by atoms with Crippen LogP contribution >= 0.6 is 0 Å². The molecular weight excluding hydrogens is 218 g/mol. The summed E-state index contributed by atoms with van der Waals surface area (Å²) in [6, 6.07) is 0. The molecule has 0 aromatic heterocycles. The Bertz CT molecular complexity index is 308. The Labute approximate surface area is 91.5 Å². The van der Waals surface area contributed by atoms with Gasteiger partial charge in [0.15, 0.2) is 0 Å². The molecule has 0 radical (unpaired) electrons. The summed E-state index contributed by atoms with van der Waals surface area (Å²) in [5.74, 6) is -0.889. The molecule has 0 aliphatic heterocycles. The van der Waals surface area contributed by atoms with Crippen molar-refractivity contribution in [2.45, 2.75) is 40.7 Å². The Kier molecular flexibility index (Phi) is 5.23. The predicted octanol–water partition coefficient (Wildman–Crippen LogP) is 1.06. The Balaban J connectivity index is 4.39. The third-order valence-electron chi connectivity index (χ3n) is 1.97. The van der Waals surface area contributed by atoms with Gasteiger partial charge in [-0.15, -0.1) is 0 Å². The minimum Gasteiger partial charge on any atom is -0.274 e. The maximum absolute atomic E-state index is 11.3.